The van der Waals surface area contributed by atoms with E-state index in [4.69, 9.17) is 22.6 Å². The van der Waals surface area contributed by atoms with Crippen molar-refractivity contribution in [3.05, 3.63) is 108 Å². The first-order valence-electron chi connectivity index (χ1n) is 11.6. The van der Waals surface area contributed by atoms with Crippen molar-refractivity contribution in [1.29, 1.82) is 5.41 Å². The molecule has 6 nitrogen and oxygen atoms in total. The van der Waals surface area contributed by atoms with Crippen LogP contribution in [0.25, 0.3) is 0 Å². The van der Waals surface area contributed by atoms with Crippen molar-refractivity contribution in [2.75, 3.05) is 13.6 Å². The molecule has 2 aromatic rings. The molecule has 0 bridgehead atoms. The molecule has 2 aromatic carbocycles. The van der Waals surface area contributed by atoms with Gasteiger partial charge in [0, 0.05) is 36.1 Å². The third-order valence-electron chi connectivity index (χ3n) is 5.51. The van der Waals surface area contributed by atoms with Crippen molar-refractivity contribution in [2.24, 2.45) is 17.2 Å². The number of allylic oxidation sites excluding steroid dienone is 2. The van der Waals surface area contributed by atoms with Gasteiger partial charge in [-0.05, 0) is 50.9 Å². The minimum absolute atomic E-state index is 0.0277. The Bertz CT molecular complexity index is 901. The summed E-state index contributed by atoms with van der Waals surface area (Å²) in [7, 11) is 2.17. The number of likely N-dealkylation sites (N-methyl/N-ethyl adjacent to an activating group) is 1. The SMILES string of the molecule is C=C(NCc1ccccc1)C1CCCN1C.C=CC/C(C(=N)N)=C(\C)N.NCc1ccccc1. The molecule has 8 N–H and O–H groups in total. The summed E-state index contributed by atoms with van der Waals surface area (Å²) in [4.78, 5) is 2.38. The first kappa shape index (κ1) is 28.7. The lowest BCUT2D eigenvalue weighted by atomic mass is 10.1. The summed E-state index contributed by atoms with van der Waals surface area (Å²) in [6, 6.07) is 21.0. The highest BCUT2D eigenvalue weighted by Crippen LogP contribution is 2.19. The van der Waals surface area contributed by atoms with Crippen LogP contribution in [0.15, 0.2) is 96.9 Å². The number of amidine groups is 1. The number of hydrogen-bond acceptors (Lipinski definition) is 5. The van der Waals surface area contributed by atoms with E-state index in [1.165, 1.54) is 30.5 Å². The summed E-state index contributed by atoms with van der Waals surface area (Å²) in [5.74, 6) is 0.0277. The molecule has 3 rings (SSSR count). The maximum absolute atomic E-state index is 7.08. The predicted octanol–water partition coefficient (Wildman–Crippen LogP) is 4.26. The number of nitrogens with one attached hydrogen (secondary N) is 2. The van der Waals surface area contributed by atoms with Gasteiger partial charge >= 0.3 is 0 Å². The zero-order chi connectivity index (χ0) is 25.3. The third kappa shape index (κ3) is 11.0. The van der Waals surface area contributed by atoms with Crippen LogP contribution in [0.3, 0.4) is 0 Å². The van der Waals surface area contributed by atoms with E-state index < -0.39 is 0 Å². The van der Waals surface area contributed by atoms with Gasteiger partial charge in [-0.25, -0.2) is 0 Å². The van der Waals surface area contributed by atoms with Gasteiger partial charge in [-0.1, -0.05) is 73.3 Å². The molecule has 0 aromatic heterocycles. The highest BCUT2D eigenvalue weighted by molar-refractivity contribution is 5.95. The molecule has 1 atom stereocenters. The number of benzene rings is 2. The maximum Gasteiger partial charge on any atom is 0.120 e. The van der Waals surface area contributed by atoms with E-state index in [-0.39, 0.29) is 5.84 Å². The van der Waals surface area contributed by atoms with E-state index in [0.29, 0.717) is 30.3 Å². The lowest BCUT2D eigenvalue weighted by Crippen LogP contribution is -2.32. The van der Waals surface area contributed by atoms with Gasteiger partial charge in [0.2, 0.25) is 0 Å². The zero-order valence-corrected chi connectivity index (χ0v) is 20.8. The fraction of sp³-hybridized carbons (Fsp3) is 0.321. The van der Waals surface area contributed by atoms with E-state index in [9.17, 15) is 0 Å². The molecule has 0 amide bonds. The summed E-state index contributed by atoms with van der Waals surface area (Å²) in [6.45, 7) is 12.1. The van der Waals surface area contributed by atoms with Crippen molar-refractivity contribution >= 4 is 5.84 Å². The Balaban J connectivity index is 0.000000277. The molecule has 6 heteroatoms. The van der Waals surface area contributed by atoms with E-state index >= 15 is 0 Å². The summed E-state index contributed by atoms with van der Waals surface area (Å²) in [5.41, 5.74) is 20.9. The molecule has 1 aliphatic heterocycles. The topological polar surface area (TPSA) is 117 Å². The van der Waals surface area contributed by atoms with Crippen LogP contribution in [0.2, 0.25) is 0 Å². The van der Waals surface area contributed by atoms with Gasteiger partial charge in [0.05, 0.1) is 0 Å². The number of likely N-dealkylation sites (tertiary alicyclic amines) is 1. The molecule has 0 radical (unpaired) electrons. The molecule has 1 aliphatic rings. The quantitative estimate of drug-likeness (QED) is 0.228. The predicted molar refractivity (Wildman–Crippen MR) is 146 cm³/mol. The van der Waals surface area contributed by atoms with E-state index in [0.717, 1.165) is 12.2 Å². The lowest BCUT2D eigenvalue weighted by Gasteiger charge is -2.22. The van der Waals surface area contributed by atoms with Crippen LogP contribution in [0.1, 0.15) is 37.3 Å². The number of rotatable bonds is 8. The number of nitrogens with two attached hydrogens (primary N) is 3. The highest BCUT2D eigenvalue weighted by Gasteiger charge is 2.22. The van der Waals surface area contributed by atoms with Crippen LogP contribution in [-0.2, 0) is 13.1 Å². The van der Waals surface area contributed by atoms with Crippen molar-refractivity contribution in [2.45, 2.75) is 45.3 Å². The van der Waals surface area contributed by atoms with Crippen LogP contribution < -0.4 is 22.5 Å². The third-order valence-corrected chi connectivity index (χ3v) is 5.51. The largest absolute Gasteiger partial charge is 0.402 e. The normalized spacial score (nSPS) is 15.6. The van der Waals surface area contributed by atoms with E-state index in [2.05, 4.69) is 54.7 Å². The lowest BCUT2D eigenvalue weighted by molar-refractivity contribution is 0.334. The first-order chi connectivity index (χ1) is 16.3. The number of hydrogen-bond donors (Lipinski definition) is 5. The minimum atomic E-state index is 0.0277. The van der Waals surface area contributed by atoms with Gasteiger partial charge in [0.1, 0.15) is 5.84 Å². The van der Waals surface area contributed by atoms with E-state index in [1.54, 1.807) is 13.0 Å². The molecule has 0 spiro atoms. The van der Waals surface area contributed by atoms with Crippen molar-refractivity contribution in [3.8, 4) is 0 Å². The summed E-state index contributed by atoms with van der Waals surface area (Å²) < 4.78 is 0. The minimum Gasteiger partial charge on any atom is -0.402 e. The highest BCUT2D eigenvalue weighted by atomic mass is 15.2. The van der Waals surface area contributed by atoms with Crippen LogP contribution in [0, 0.1) is 5.41 Å². The first-order valence-corrected chi connectivity index (χ1v) is 11.6. The molecule has 1 unspecified atom stereocenters. The van der Waals surface area contributed by atoms with Gasteiger partial charge in [-0.3, -0.25) is 10.3 Å². The molecule has 1 heterocycles. The fourth-order valence-corrected chi connectivity index (χ4v) is 3.52. The molecular formula is C28H42N6. The smallest absolute Gasteiger partial charge is 0.120 e. The van der Waals surface area contributed by atoms with Crippen molar-refractivity contribution in [3.63, 3.8) is 0 Å². The van der Waals surface area contributed by atoms with Gasteiger partial charge in [-0.2, -0.15) is 0 Å². The summed E-state index contributed by atoms with van der Waals surface area (Å²) in [5, 5.41) is 10.5. The van der Waals surface area contributed by atoms with Crippen molar-refractivity contribution in [1.82, 2.24) is 10.2 Å². The summed E-state index contributed by atoms with van der Waals surface area (Å²) in [6.07, 6.45) is 4.76. The maximum atomic E-state index is 7.08. The molecule has 184 valence electrons. The Hall–Kier alpha value is -3.35. The van der Waals surface area contributed by atoms with Gasteiger partial charge < -0.3 is 22.5 Å². The van der Waals surface area contributed by atoms with Gasteiger partial charge in [0.15, 0.2) is 0 Å². The molecule has 0 saturated carbocycles. The molecule has 1 saturated heterocycles. The second-order valence-corrected chi connectivity index (χ2v) is 8.26. The Kier molecular flexibility index (Phi) is 13.7. The Morgan fingerprint density at radius 1 is 1.09 bits per heavy atom. The average molecular weight is 463 g/mol. The zero-order valence-electron chi connectivity index (χ0n) is 20.8. The fourth-order valence-electron chi connectivity index (χ4n) is 3.52. The molecule has 0 aliphatic carbocycles. The Morgan fingerprint density at radius 3 is 2.00 bits per heavy atom. The molecule has 34 heavy (non-hydrogen) atoms. The second kappa shape index (κ2) is 16.3. The number of nitrogens with zero attached hydrogens (tertiary/aromatic N) is 1. The van der Waals surface area contributed by atoms with E-state index in [1.807, 2.05) is 36.4 Å². The van der Waals surface area contributed by atoms with Crippen LogP contribution >= 0.6 is 0 Å². The Labute approximate surface area is 205 Å². The second-order valence-electron chi connectivity index (χ2n) is 8.26. The molecule has 1 fully saturated rings. The van der Waals surface area contributed by atoms with Crippen LogP contribution in [0.5, 0.6) is 0 Å². The summed E-state index contributed by atoms with van der Waals surface area (Å²) >= 11 is 0. The van der Waals surface area contributed by atoms with Gasteiger partial charge in [0.25, 0.3) is 0 Å². The monoisotopic (exact) mass is 462 g/mol. The van der Waals surface area contributed by atoms with Crippen LogP contribution in [-0.4, -0.2) is 30.4 Å². The standard InChI is InChI=1S/C14H20N2.C7H13N3.C7H9N/c1-12(14-9-6-10-16(14)2)15-11-13-7-4-3-5-8-13;1-3-4-6(5(2)8)7(9)10;8-6-7-4-2-1-3-5-7/h3-5,7-8,14-15H,1,6,9-11H2,2H3;3H,1,4,8H2,2H3,(H3,9,10);1-5H,6,8H2/b;6-5-;. The van der Waals surface area contributed by atoms with Gasteiger partial charge in [-0.15, -0.1) is 6.58 Å². The van der Waals surface area contributed by atoms with Crippen molar-refractivity contribution < 1.29 is 0 Å². The van der Waals surface area contributed by atoms with Crippen LogP contribution in [0.4, 0.5) is 0 Å². The molecular weight excluding hydrogens is 420 g/mol. The average Bonchev–Trinajstić information content (AvgIpc) is 3.28. The Morgan fingerprint density at radius 2 is 1.65 bits per heavy atom.